The van der Waals surface area contributed by atoms with E-state index in [2.05, 4.69) is 16.4 Å². The summed E-state index contributed by atoms with van der Waals surface area (Å²) in [7, 11) is 0. The van der Waals surface area contributed by atoms with Crippen molar-refractivity contribution in [3.63, 3.8) is 0 Å². The van der Waals surface area contributed by atoms with E-state index in [1.807, 2.05) is 54.6 Å². The number of carbonyl (C=O) groups is 1. The Morgan fingerprint density at radius 3 is 2.59 bits per heavy atom. The first-order valence-corrected chi connectivity index (χ1v) is 9.94. The molecule has 0 saturated heterocycles. The SMILES string of the molecule is N#CNC(=O)CC1(c2ccc(OCc3ccc4ccccc4n3)cc2)CCCC1. The molecular weight excluding hydrogens is 362 g/mol. The fraction of sp³-hybridized carbons (Fsp3) is 0.292. The minimum Gasteiger partial charge on any atom is -0.487 e. The molecule has 0 aliphatic heterocycles. The second kappa shape index (κ2) is 8.32. The zero-order chi connectivity index (χ0) is 20.1. The molecule has 1 N–H and O–H groups in total. The number of hydrogen-bond acceptors (Lipinski definition) is 4. The van der Waals surface area contributed by atoms with Crippen LogP contribution >= 0.6 is 0 Å². The lowest BCUT2D eigenvalue weighted by Crippen LogP contribution is -2.31. The monoisotopic (exact) mass is 385 g/mol. The molecule has 3 aromatic rings. The highest BCUT2D eigenvalue weighted by Gasteiger charge is 2.37. The molecule has 4 rings (SSSR count). The van der Waals surface area contributed by atoms with Crippen molar-refractivity contribution in [1.29, 1.82) is 5.26 Å². The molecule has 5 nitrogen and oxygen atoms in total. The average Bonchev–Trinajstić information content (AvgIpc) is 3.22. The number of benzene rings is 2. The Morgan fingerprint density at radius 2 is 1.83 bits per heavy atom. The van der Waals surface area contributed by atoms with Crippen molar-refractivity contribution in [2.24, 2.45) is 0 Å². The molecule has 1 amide bonds. The minimum absolute atomic E-state index is 0.181. The van der Waals surface area contributed by atoms with E-state index in [9.17, 15) is 4.79 Å². The summed E-state index contributed by atoms with van der Waals surface area (Å²) in [5.74, 6) is 0.565. The fourth-order valence-corrected chi connectivity index (χ4v) is 4.28. The lowest BCUT2D eigenvalue weighted by atomic mass is 9.76. The lowest BCUT2D eigenvalue weighted by molar-refractivity contribution is -0.121. The van der Waals surface area contributed by atoms with Gasteiger partial charge < -0.3 is 4.74 Å². The van der Waals surface area contributed by atoms with Gasteiger partial charge in [0.15, 0.2) is 6.19 Å². The third kappa shape index (κ3) is 4.22. The van der Waals surface area contributed by atoms with Gasteiger partial charge in [-0.25, -0.2) is 4.98 Å². The van der Waals surface area contributed by atoms with Gasteiger partial charge in [0.1, 0.15) is 12.4 Å². The quantitative estimate of drug-likeness (QED) is 0.496. The van der Waals surface area contributed by atoms with E-state index in [4.69, 9.17) is 10.00 Å². The van der Waals surface area contributed by atoms with Crippen LogP contribution in [0.2, 0.25) is 0 Å². The first kappa shape index (κ1) is 18.9. The molecule has 29 heavy (non-hydrogen) atoms. The number of nitrogens with zero attached hydrogens (tertiary/aromatic N) is 2. The van der Waals surface area contributed by atoms with Gasteiger partial charge in [0, 0.05) is 17.2 Å². The summed E-state index contributed by atoms with van der Waals surface area (Å²) in [5, 5.41) is 12.1. The highest BCUT2D eigenvalue weighted by atomic mass is 16.5. The van der Waals surface area contributed by atoms with Crippen LogP contribution in [0.4, 0.5) is 0 Å². The number of ether oxygens (including phenoxy) is 1. The number of aromatic nitrogens is 1. The van der Waals surface area contributed by atoms with Gasteiger partial charge >= 0.3 is 0 Å². The number of nitrogens with one attached hydrogen (secondary N) is 1. The molecule has 0 unspecified atom stereocenters. The minimum atomic E-state index is -0.211. The van der Waals surface area contributed by atoms with E-state index in [0.29, 0.717) is 13.0 Å². The maximum absolute atomic E-state index is 12.0. The normalized spacial score (nSPS) is 15.0. The standard InChI is InChI=1S/C24H23N3O2/c25-17-26-23(28)15-24(13-3-4-14-24)19-8-11-21(12-9-19)29-16-20-10-7-18-5-1-2-6-22(18)27-20/h1-2,5-12H,3-4,13-16H2,(H,26,28). The van der Waals surface area contributed by atoms with Crippen LogP contribution < -0.4 is 10.1 Å². The van der Waals surface area contributed by atoms with Crippen LogP contribution in [-0.4, -0.2) is 10.9 Å². The van der Waals surface area contributed by atoms with Gasteiger partial charge in [-0.2, -0.15) is 5.26 Å². The van der Waals surface area contributed by atoms with Crippen LogP contribution in [0.5, 0.6) is 5.75 Å². The van der Waals surface area contributed by atoms with Gasteiger partial charge in [-0.3, -0.25) is 10.1 Å². The van der Waals surface area contributed by atoms with Crippen LogP contribution in [0.25, 0.3) is 10.9 Å². The predicted molar refractivity (Wildman–Crippen MR) is 111 cm³/mol. The Bertz CT molecular complexity index is 1050. The molecule has 1 aliphatic rings. The molecule has 2 aromatic carbocycles. The molecule has 0 atom stereocenters. The van der Waals surface area contributed by atoms with Gasteiger partial charge in [0.25, 0.3) is 0 Å². The van der Waals surface area contributed by atoms with E-state index in [1.165, 1.54) is 0 Å². The van der Waals surface area contributed by atoms with Crippen molar-refractivity contribution in [3.05, 3.63) is 71.9 Å². The summed E-state index contributed by atoms with van der Waals surface area (Å²) in [6, 6.07) is 20.1. The molecule has 1 fully saturated rings. The van der Waals surface area contributed by atoms with E-state index in [-0.39, 0.29) is 11.3 Å². The third-order valence-electron chi connectivity index (χ3n) is 5.76. The molecular formula is C24H23N3O2. The van der Waals surface area contributed by atoms with E-state index in [0.717, 1.165) is 53.6 Å². The van der Waals surface area contributed by atoms with Gasteiger partial charge in [0.05, 0.1) is 11.2 Å². The summed E-state index contributed by atoms with van der Waals surface area (Å²) in [5.41, 5.74) is 2.80. The first-order valence-electron chi connectivity index (χ1n) is 9.94. The Hall–Kier alpha value is -3.39. The Labute approximate surface area is 170 Å². The number of amides is 1. The number of hydrogen-bond donors (Lipinski definition) is 1. The lowest BCUT2D eigenvalue weighted by Gasteiger charge is -2.28. The zero-order valence-electron chi connectivity index (χ0n) is 16.2. The third-order valence-corrected chi connectivity index (χ3v) is 5.76. The Balaban J connectivity index is 1.45. The summed E-state index contributed by atoms with van der Waals surface area (Å²) in [4.78, 5) is 16.7. The Morgan fingerprint density at radius 1 is 1.07 bits per heavy atom. The number of pyridine rings is 1. The van der Waals surface area contributed by atoms with Crippen LogP contribution in [0.15, 0.2) is 60.7 Å². The van der Waals surface area contributed by atoms with Crippen LogP contribution in [-0.2, 0) is 16.8 Å². The maximum atomic E-state index is 12.0. The fourth-order valence-electron chi connectivity index (χ4n) is 4.28. The van der Waals surface area contributed by atoms with Crippen molar-refractivity contribution in [3.8, 4) is 11.9 Å². The van der Waals surface area contributed by atoms with Crippen molar-refractivity contribution < 1.29 is 9.53 Å². The second-order valence-electron chi connectivity index (χ2n) is 7.63. The molecule has 5 heteroatoms. The predicted octanol–water partition coefficient (Wildman–Crippen LogP) is 4.61. The highest BCUT2D eigenvalue weighted by Crippen LogP contribution is 2.44. The van der Waals surface area contributed by atoms with Gasteiger partial charge in [0.2, 0.25) is 5.91 Å². The van der Waals surface area contributed by atoms with E-state index < -0.39 is 0 Å². The smallest absolute Gasteiger partial charge is 0.233 e. The summed E-state index contributed by atoms with van der Waals surface area (Å²) < 4.78 is 5.93. The zero-order valence-corrected chi connectivity index (χ0v) is 16.2. The van der Waals surface area contributed by atoms with Crippen molar-refractivity contribution >= 4 is 16.8 Å². The van der Waals surface area contributed by atoms with E-state index in [1.54, 1.807) is 6.19 Å². The summed E-state index contributed by atoms with van der Waals surface area (Å²) in [6.07, 6.45) is 6.22. The molecule has 1 heterocycles. The Kier molecular flexibility index (Phi) is 5.44. The summed E-state index contributed by atoms with van der Waals surface area (Å²) >= 11 is 0. The number of fused-ring (bicyclic) bond motifs is 1. The molecule has 0 spiro atoms. The molecule has 146 valence electrons. The van der Waals surface area contributed by atoms with Crippen molar-refractivity contribution in [2.75, 3.05) is 0 Å². The van der Waals surface area contributed by atoms with Gasteiger partial charge in [-0.1, -0.05) is 49.2 Å². The van der Waals surface area contributed by atoms with E-state index >= 15 is 0 Å². The molecule has 0 radical (unpaired) electrons. The van der Waals surface area contributed by atoms with Crippen molar-refractivity contribution in [1.82, 2.24) is 10.3 Å². The number of rotatable bonds is 6. The molecule has 1 aliphatic carbocycles. The molecule has 0 bridgehead atoms. The van der Waals surface area contributed by atoms with Crippen LogP contribution in [0, 0.1) is 11.5 Å². The number of para-hydroxylation sites is 1. The van der Waals surface area contributed by atoms with Crippen LogP contribution in [0.1, 0.15) is 43.4 Å². The topological polar surface area (TPSA) is 75.0 Å². The maximum Gasteiger partial charge on any atom is 0.233 e. The number of nitriles is 1. The number of carbonyl (C=O) groups excluding carboxylic acids is 1. The summed E-state index contributed by atoms with van der Waals surface area (Å²) in [6.45, 7) is 0.403. The average molecular weight is 385 g/mol. The largest absolute Gasteiger partial charge is 0.487 e. The van der Waals surface area contributed by atoms with Crippen molar-refractivity contribution in [2.45, 2.75) is 44.1 Å². The van der Waals surface area contributed by atoms with Crippen LogP contribution in [0.3, 0.4) is 0 Å². The highest BCUT2D eigenvalue weighted by molar-refractivity contribution is 5.79. The molecule has 1 saturated carbocycles. The van der Waals surface area contributed by atoms with Gasteiger partial charge in [-0.05, 0) is 42.7 Å². The second-order valence-corrected chi connectivity index (χ2v) is 7.63. The molecule has 1 aromatic heterocycles. The van der Waals surface area contributed by atoms with Gasteiger partial charge in [-0.15, -0.1) is 0 Å². The first-order chi connectivity index (χ1) is 14.2.